The predicted molar refractivity (Wildman–Crippen MR) is 136 cm³/mol. The number of rotatable bonds is 5. The van der Waals surface area contributed by atoms with Crippen LogP contribution >= 0.6 is 0 Å². The number of hydrogen-bond acceptors (Lipinski definition) is 7. The molecule has 2 bridgehead atoms. The molecule has 2 saturated heterocycles. The SMILES string of the molecule is C=C(C)c1c(C2C[C@H]3CC[C@@H](C2)N3C(=O)CO)nc2c(-c3ccc(-c4ncc[nH]4)nc3)cnn2c1N. The number of aromatic amines is 1. The Morgan fingerprint density at radius 1 is 1.22 bits per heavy atom. The van der Waals surface area contributed by atoms with Crippen LogP contribution in [0.2, 0.25) is 0 Å². The number of nitrogens with zero attached hydrogens (tertiary/aromatic N) is 6. The van der Waals surface area contributed by atoms with Crippen LogP contribution in [0.25, 0.3) is 33.9 Å². The van der Waals surface area contributed by atoms with Crippen LogP contribution in [0.1, 0.15) is 49.8 Å². The number of allylic oxidation sites excluding steroid dienone is 1. The number of piperidine rings is 1. The van der Waals surface area contributed by atoms with Crippen molar-refractivity contribution in [3.8, 4) is 22.6 Å². The highest BCUT2D eigenvalue weighted by atomic mass is 16.3. The molecule has 4 aromatic rings. The Morgan fingerprint density at radius 3 is 2.61 bits per heavy atom. The number of nitrogens with one attached hydrogen (secondary N) is 1. The van der Waals surface area contributed by atoms with Crippen molar-refractivity contribution in [3.05, 3.63) is 54.8 Å². The highest BCUT2D eigenvalue weighted by Gasteiger charge is 2.44. The minimum Gasteiger partial charge on any atom is -0.387 e. The van der Waals surface area contributed by atoms with E-state index in [1.165, 1.54) is 0 Å². The van der Waals surface area contributed by atoms with E-state index in [2.05, 4.69) is 26.6 Å². The number of pyridine rings is 1. The van der Waals surface area contributed by atoms with Crippen LogP contribution in [0.4, 0.5) is 5.82 Å². The molecule has 3 atom stereocenters. The first-order chi connectivity index (χ1) is 17.5. The van der Waals surface area contributed by atoms with Crippen molar-refractivity contribution >= 4 is 22.9 Å². The summed E-state index contributed by atoms with van der Waals surface area (Å²) in [7, 11) is 0. The van der Waals surface area contributed by atoms with Crippen molar-refractivity contribution < 1.29 is 9.90 Å². The largest absolute Gasteiger partial charge is 0.387 e. The molecule has 2 aliphatic rings. The third-order valence-electron chi connectivity index (χ3n) is 7.50. The van der Waals surface area contributed by atoms with E-state index in [-0.39, 0.29) is 23.9 Å². The van der Waals surface area contributed by atoms with Crippen molar-refractivity contribution in [2.45, 2.75) is 50.6 Å². The van der Waals surface area contributed by atoms with Gasteiger partial charge in [0.15, 0.2) is 11.5 Å². The Kier molecular flexibility index (Phi) is 5.33. The third kappa shape index (κ3) is 3.48. The maximum absolute atomic E-state index is 12.3. The molecule has 0 radical (unpaired) electrons. The molecule has 4 N–H and O–H groups in total. The predicted octanol–water partition coefficient (Wildman–Crippen LogP) is 3.03. The number of imidazole rings is 1. The summed E-state index contributed by atoms with van der Waals surface area (Å²) in [6.45, 7) is 5.67. The van der Waals surface area contributed by atoms with E-state index in [9.17, 15) is 9.90 Å². The van der Waals surface area contributed by atoms with E-state index in [0.29, 0.717) is 17.3 Å². The average molecular weight is 485 g/mol. The van der Waals surface area contributed by atoms with Crippen LogP contribution < -0.4 is 5.73 Å². The van der Waals surface area contributed by atoms with Gasteiger partial charge in [0.1, 0.15) is 18.1 Å². The van der Waals surface area contributed by atoms with Crippen molar-refractivity contribution in [1.29, 1.82) is 0 Å². The summed E-state index contributed by atoms with van der Waals surface area (Å²) in [6.07, 6.45) is 10.5. The van der Waals surface area contributed by atoms with E-state index in [4.69, 9.17) is 10.7 Å². The van der Waals surface area contributed by atoms with Crippen molar-refractivity contribution in [2.75, 3.05) is 12.3 Å². The lowest BCUT2D eigenvalue weighted by Crippen LogP contribution is -2.47. The summed E-state index contributed by atoms with van der Waals surface area (Å²) in [5, 5.41) is 14.0. The Hall–Kier alpha value is -4.05. The first-order valence-corrected chi connectivity index (χ1v) is 12.2. The van der Waals surface area contributed by atoms with Gasteiger partial charge in [0, 0.05) is 53.3 Å². The molecule has 2 fully saturated rings. The number of nitrogens with two attached hydrogens (primary N) is 1. The Labute approximate surface area is 207 Å². The van der Waals surface area contributed by atoms with Crippen molar-refractivity contribution in [1.82, 2.24) is 34.4 Å². The molecule has 10 heteroatoms. The normalized spacial score (nSPS) is 21.3. The standard InChI is InChI=1S/C26H28N8O2/c1-14(2)22-23(16-9-17-4-5-18(10-16)33(17)21(36)13-35)32-26-19(12-31-34(26)24(22)27)15-3-6-20(30-11-15)25-28-7-8-29-25/h3,6-8,11-12,16-18,35H,1,4-5,9-10,13,27H2,2H3,(H,28,29)/t16?,17-,18+. The number of anilines is 1. The first-order valence-electron chi connectivity index (χ1n) is 12.2. The lowest BCUT2D eigenvalue weighted by Gasteiger charge is -2.39. The smallest absolute Gasteiger partial charge is 0.248 e. The molecule has 184 valence electrons. The monoisotopic (exact) mass is 484 g/mol. The van der Waals surface area contributed by atoms with Gasteiger partial charge in [-0.3, -0.25) is 9.78 Å². The molecule has 10 nitrogen and oxygen atoms in total. The highest BCUT2D eigenvalue weighted by Crippen LogP contribution is 2.45. The lowest BCUT2D eigenvalue weighted by atomic mass is 9.84. The van der Waals surface area contributed by atoms with E-state index in [0.717, 1.165) is 59.3 Å². The second kappa shape index (κ2) is 8.56. The summed E-state index contributed by atoms with van der Waals surface area (Å²) in [6, 6.07) is 4.10. The number of carbonyl (C=O) groups is 1. The minimum atomic E-state index is -0.447. The number of amides is 1. The number of fused-ring (bicyclic) bond motifs is 3. The van der Waals surface area contributed by atoms with Crippen molar-refractivity contribution in [2.24, 2.45) is 0 Å². The quantitative estimate of drug-likeness (QED) is 0.396. The van der Waals surface area contributed by atoms with Gasteiger partial charge in [0.2, 0.25) is 5.91 Å². The van der Waals surface area contributed by atoms with Gasteiger partial charge in [-0.25, -0.2) is 9.97 Å². The van der Waals surface area contributed by atoms with Crippen LogP contribution in [0.15, 0.2) is 43.5 Å². The minimum absolute atomic E-state index is 0.105. The second-order valence-corrected chi connectivity index (χ2v) is 9.71. The molecule has 0 spiro atoms. The third-order valence-corrected chi connectivity index (χ3v) is 7.50. The summed E-state index contributed by atoms with van der Waals surface area (Å²) >= 11 is 0. The van der Waals surface area contributed by atoms with Gasteiger partial charge in [-0.15, -0.1) is 0 Å². The number of aliphatic hydroxyl groups excluding tert-OH is 1. The maximum Gasteiger partial charge on any atom is 0.248 e. The number of hydrogen-bond donors (Lipinski definition) is 3. The molecule has 36 heavy (non-hydrogen) atoms. The zero-order valence-electron chi connectivity index (χ0n) is 20.1. The summed E-state index contributed by atoms with van der Waals surface area (Å²) < 4.78 is 1.67. The average Bonchev–Trinajstić information content (AvgIpc) is 3.62. The van der Waals surface area contributed by atoms with E-state index < -0.39 is 6.61 Å². The summed E-state index contributed by atoms with van der Waals surface area (Å²) in [5.74, 6) is 1.16. The van der Waals surface area contributed by atoms with Gasteiger partial charge in [-0.05, 0) is 44.2 Å². The summed E-state index contributed by atoms with van der Waals surface area (Å²) in [4.78, 5) is 31.3. The van der Waals surface area contributed by atoms with Crippen LogP contribution in [-0.2, 0) is 4.79 Å². The van der Waals surface area contributed by atoms with Crippen LogP contribution in [0.3, 0.4) is 0 Å². The second-order valence-electron chi connectivity index (χ2n) is 9.71. The summed E-state index contributed by atoms with van der Waals surface area (Å²) in [5.41, 5.74) is 12.4. The number of H-pyrrole nitrogens is 1. The first kappa shape index (κ1) is 22.4. The molecule has 1 amide bonds. The van der Waals surface area contributed by atoms with Crippen LogP contribution in [0.5, 0.6) is 0 Å². The van der Waals surface area contributed by atoms with E-state index in [1.54, 1.807) is 29.3 Å². The molecule has 0 aliphatic carbocycles. The fourth-order valence-electron chi connectivity index (χ4n) is 5.96. The number of aliphatic hydroxyl groups is 1. The van der Waals surface area contributed by atoms with Gasteiger partial charge >= 0.3 is 0 Å². The molecule has 0 saturated carbocycles. The zero-order chi connectivity index (χ0) is 25.0. The Bertz CT molecular complexity index is 1440. The van der Waals surface area contributed by atoms with Gasteiger partial charge in [-0.1, -0.05) is 12.6 Å². The van der Waals surface area contributed by atoms with E-state index in [1.807, 2.05) is 24.0 Å². The van der Waals surface area contributed by atoms with Crippen LogP contribution in [0, 0.1) is 0 Å². The lowest BCUT2D eigenvalue weighted by molar-refractivity contribution is -0.138. The van der Waals surface area contributed by atoms with Gasteiger partial charge in [0.25, 0.3) is 0 Å². The molecule has 4 aromatic heterocycles. The number of nitrogen functional groups attached to an aromatic ring is 1. The molecular formula is C26H28N8O2. The molecule has 2 aliphatic heterocycles. The molecular weight excluding hydrogens is 456 g/mol. The van der Waals surface area contributed by atoms with Gasteiger partial charge < -0.3 is 20.7 Å². The van der Waals surface area contributed by atoms with Gasteiger partial charge in [0.05, 0.1) is 11.9 Å². The van der Waals surface area contributed by atoms with E-state index >= 15 is 0 Å². The molecule has 0 aromatic carbocycles. The fraction of sp³-hybridized carbons (Fsp3) is 0.346. The molecule has 6 rings (SSSR count). The van der Waals surface area contributed by atoms with Gasteiger partial charge in [-0.2, -0.15) is 9.61 Å². The maximum atomic E-state index is 12.3. The molecule has 1 unspecified atom stereocenters. The molecule has 6 heterocycles. The zero-order valence-corrected chi connectivity index (χ0v) is 20.1. The highest BCUT2D eigenvalue weighted by molar-refractivity contribution is 5.82. The Morgan fingerprint density at radius 2 is 2.00 bits per heavy atom. The fourth-order valence-corrected chi connectivity index (χ4v) is 5.96. The van der Waals surface area contributed by atoms with Crippen molar-refractivity contribution in [3.63, 3.8) is 0 Å². The Balaban J connectivity index is 1.42. The number of carbonyl (C=O) groups excluding carboxylic acids is 1. The topological polar surface area (TPSA) is 138 Å². The number of aromatic nitrogens is 6. The van der Waals surface area contributed by atoms with Crippen LogP contribution in [-0.4, -0.2) is 64.2 Å².